The zero-order chi connectivity index (χ0) is 21.0. The number of non-ortho nitro benzene ring substituents is 1. The molecular formula is C21H18ClN3O3S. The van der Waals surface area contributed by atoms with E-state index in [9.17, 15) is 10.1 Å². The Hall–Kier alpha value is -3.16. The van der Waals surface area contributed by atoms with Gasteiger partial charge in [-0.25, -0.2) is 0 Å². The van der Waals surface area contributed by atoms with Crippen LogP contribution in [0, 0.1) is 24.0 Å². The summed E-state index contributed by atoms with van der Waals surface area (Å²) in [5, 5.41) is 18.3. The molecule has 29 heavy (non-hydrogen) atoms. The molecule has 2 N–H and O–H groups in total. The average Bonchev–Trinajstić information content (AvgIpc) is 2.62. The standard InChI is InChI=1S/C21H18ClN3O3S/c1-13-7-14(2)9-16(8-13)23-21(29)24-17-10-18(25(26)27)12-20(11-17)28-19-5-3-15(22)4-6-19/h3-12H,1-2H3,(H2,23,24,29). The van der Waals surface area contributed by atoms with Crippen molar-refractivity contribution in [3.63, 3.8) is 0 Å². The number of rotatable bonds is 5. The average molecular weight is 428 g/mol. The SMILES string of the molecule is Cc1cc(C)cc(NC(=S)Nc2cc(Oc3ccc(Cl)cc3)cc([N+](=O)[O-])c2)c1. The summed E-state index contributed by atoms with van der Waals surface area (Å²) >= 11 is 11.2. The Balaban J connectivity index is 1.80. The second kappa shape index (κ2) is 8.89. The lowest BCUT2D eigenvalue weighted by Gasteiger charge is -2.13. The number of ether oxygens (including phenoxy) is 1. The van der Waals surface area contributed by atoms with E-state index >= 15 is 0 Å². The van der Waals surface area contributed by atoms with Crippen LogP contribution in [0.4, 0.5) is 17.1 Å². The molecular weight excluding hydrogens is 410 g/mol. The second-order valence-electron chi connectivity index (χ2n) is 6.48. The fourth-order valence-corrected chi connectivity index (χ4v) is 3.16. The smallest absolute Gasteiger partial charge is 0.275 e. The molecule has 0 aromatic heterocycles. The number of nitro groups is 1. The fraction of sp³-hybridized carbons (Fsp3) is 0.0952. The predicted molar refractivity (Wildman–Crippen MR) is 120 cm³/mol. The molecule has 0 saturated carbocycles. The minimum Gasteiger partial charge on any atom is -0.457 e. The Labute approximate surface area is 178 Å². The van der Waals surface area contributed by atoms with Crippen molar-refractivity contribution in [2.24, 2.45) is 0 Å². The summed E-state index contributed by atoms with van der Waals surface area (Å²) in [6.45, 7) is 3.99. The first-order chi connectivity index (χ1) is 13.8. The molecule has 6 nitrogen and oxygen atoms in total. The van der Waals surface area contributed by atoms with Crippen molar-refractivity contribution in [2.45, 2.75) is 13.8 Å². The highest BCUT2D eigenvalue weighted by Gasteiger charge is 2.12. The maximum Gasteiger partial charge on any atom is 0.275 e. The molecule has 0 spiro atoms. The van der Waals surface area contributed by atoms with Gasteiger partial charge in [0.05, 0.1) is 16.7 Å². The van der Waals surface area contributed by atoms with E-state index < -0.39 is 4.92 Å². The first-order valence-corrected chi connectivity index (χ1v) is 9.46. The number of nitro benzene ring substituents is 1. The first kappa shape index (κ1) is 20.6. The lowest BCUT2D eigenvalue weighted by Crippen LogP contribution is -2.19. The van der Waals surface area contributed by atoms with Gasteiger partial charge < -0.3 is 15.4 Å². The molecule has 0 atom stereocenters. The molecule has 3 aromatic rings. The third kappa shape index (κ3) is 5.91. The van der Waals surface area contributed by atoms with Gasteiger partial charge >= 0.3 is 0 Å². The molecule has 0 heterocycles. The molecule has 0 aliphatic rings. The van der Waals surface area contributed by atoms with E-state index in [2.05, 4.69) is 16.7 Å². The molecule has 0 aliphatic carbocycles. The molecule has 0 radical (unpaired) electrons. The zero-order valence-electron chi connectivity index (χ0n) is 15.7. The minimum absolute atomic E-state index is 0.117. The van der Waals surface area contributed by atoms with Crippen LogP contribution < -0.4 is 15.4 Å². The minimum atomic E-state index is -0.486. The molecule has 148 valence electrons. The summed E-state index contributed by atoms with van der Waals surface area (Å²) in [6.07, 6.45) is 0. The first-order valence-electron chi connectivity index (χ1n) is 8.68. The van der Waals surface area contributed by atoms with Crippen LogP contribution in [-0.4, -0.2) is 10.0 Å². The maximum atomic E-state index is 11.3. The van der Waals surface area contributed by atoms with Gasteiger partial charge in [0.2, 0.25) is 0 Å². The molecule has 3 rings (SSSR count). The maximum absolute atomic E-state index is 11.3. The quantitative estimate of drug-likeness (QED) is 0.276. The lowest BCUT2D eigenvalue weighted by atomic mass is 10.1. The van der Waals surface area contributed by atoms with E-state index in [4.69, 9.17) is 28.6 Å². The number of nitrogens with zero attached hydrogens (tertiary/aromatic N) is 1. The van der Waals surface area contributed by atoms with E-state index in [1.165, 1.54) is 12.1 Å². The van der Waals surface area contributed by atoms with Gasteiger partial charge in [-0.1, -0.05) is 17.7 Å². The third-order valence-electron chi connectivity index (χ3n) is 3.89. The highest BCUT2D eigenvalue weighted by molar-refractivity contribution is 7.80. The van der Waals surface area contributed by atoms with Crippen LogP contribution in [-0.2, 0) is 0 Å². The van der Waals surface area contributed by atoms with Gasteiger partial charge in [0.1, 0.15) is 11.5 Å². The summed E-state index contributed by atoms with van der Waals surface area (Å²) in [6, 6.07) is 17.1. The van der Waals surface area contributed by atoms with Crippen molar-refractivity contribution >= 4 is 46.0 Å². The Morgan fingerprint density at radius 3 is 2.10 bits per heavy atom. The van der Waals surface area contributed by atoms with Crippen LogP contribution in [0.3, 0.4) is 0 Å². The van der Waals surface area contributed by atoms with Gasteiger partial charge in [-0.05, 0) is 73.6 Å². The highest BCUT2D eigenvalue weighted by atomic mass is 35.5. The Morgan fingerprint density at radius 2 is 1.52 bits per heavy atom. The van der Waals surface area contributed by atoms with Crippen LogP contribution in [0.15, 0.2) is 60.7 Å². The Morgan fingerprint density at radius 1 is 0.931 bits per heavy atom. The largest absolute Gasteiger partial charge is 0.457 e. The molecule has 0 aliphatic heterocycles. The molecule has 0 amide bonds. The predicted octanol–water partition coefficient (Wildman–Crippen LogP) is 6.47. The van der Waals surface area contributed by atoms with Crippen molar-refractivity contribution in [1.29, 1.82) is 0 Å². The molecule has 0 bridgehead atoms. The summed E-state index contributed by atoms with van der Waals surface area (Å²) in [4.78, 5) is 10.8. The topological polar surface area (TPSA) is 76.4 Å². The zero-order valence-corrected chi connectivity index (χ0v) is 17.3. The summed E-state index contributed by atoms with van der Waals surface area (Å²) < 4.78 is 5.73. The number of thiocarbonyl (C=S) groups is 1. The Bertz CT molecular complexity index is 1050. The number of anilines is 2. The van der Waals surface area contributed by atoms with Crippen LogP contribution in [0.1, 0.15) is 11.1 Å². The van der Waals surface area contributed by atoms with Crippen LogP contribution in [0.5, 0.6) is 11.5 Å². The number of nitrogens with one attached hydrogen (secondary N) is 2. The van der Waals surface area contributed by atoms with Gasteiger partial charge in [-0.3, -0.25) is 10.1 Å². The van der Waals surface area contributed by atoms with E-state index in [1.54, 1.807) is 30.3 Å². The van der Waals surface area contributed by atoms with Crippen molar-refractivity contribution in [3.05, 3.63) is 86.9 Å². The monoisotopic (exact) mass is 427 g/mol. The summed E-state index contributed by atoms with van der Waals surface area (Å²) in [7, 11) is 0. The van der Waals surface area contributed by atoms with Crippen LogP contribution in [0.2, 0.25) is 5.02 Å². The number of hydrogen-bond acceptors (Lipinski definition) is 4. The molecule has 3 aromatic carbocycles. The third-order valence-corrected chi connectivity index (χ3v) is 4.34. The van der Waals surface area contributed by atoms with Crippen molar-refractivity contribution in [2.75, 3.05) is 10.6 Å². The van der Waals surface area contributed by atoms with Crippen molar-refractivity contribution < 1.29 is 9.66 Å². The van der Waals surface area contributed by atoms with E-state index in [-0.39, 0.29) is 5.69 Å². The second-order valence-corrected chi connectivity index (χ2v) is 7.33. The van der Waals surface area contributed by atoms with Gasteiger partial charge in [0.15, 0.2) is 5.11 Å². The highest BCUT2D eigenvalue weighted by Crippen LogP contribution is 2.30. The number of aryl methyl sites for hydroxylation is 2. The van der Waals surface area contributed by atoms with E-state index in [0.29, 0.717) is 27.3 Å². The number of hydrogen-bond donors (Lipinski definition) is 2. The van der Waals surface area contributed by atoms with Crippen molar-refractivity contribution in [3.8, 4) is 11.5 Å². The van der Waals surface area contributed by atoms with Gasteiger partial charge in [-0.15, -0.1) is 0 Å². The number of benzene rings is 3. The molecule has 0 fully saturated rings. The fourth-order valence-electron chi connectivity index (χ4n) is 2.80. The Kier molecular flexibility index (Phi) is 6.31. The van der Waals surface area contributed by atoms with Crippen LogP contribution >= 0.6 is 23.8 Å². The van der Waals surface area contributed by atoms with Crippen molar-refractivity contribution in [1.82, 2.24) is 0 Å². The van der Waals surface area contributed by atoms with Crippen LogP contribution in [0.25, 0.3) is 0 Å². The molecule has 0 unspecified atom stereocenters. The van der Waals surface area contributed by atoms with Gasteiger partial charge in [0, 0.05) is 22.8 Å². The molecule has 8 heteroatoms. The lowest BCUT2D eigenvalue weighted by molar-refractivity contribution is -0.384. The normalized spacial score (nSPS) is 10.3. The van der Waals surface area contributed by atoms with E-state index in [1.807, 2.05) is 26.0 Å². The summed E-state index contributed by atoms with van der Waals surface area (Å²) in [5.74, 6) is 0.815. The summed E-state index contributed by atoms with van der Waals surface area (Å²) in [5.41, 5.74) is 3.36. The van der Waals surface area contributed by atoms with Gasteiger partial charge in [-0.2, -0.15) is 0 Å². The van der Waals surface area contributed by atoms with E-state index in [0.717, 1.165) is 16.8 Å². The number of halogens is 1. The van der Waals surface area contributed by atoms with Gasteiger partial charge in [0.25, 0.3) is 5.69 Å². The molecule has 0 saturated heterocycles.